The molecule has 0 aromatic carbocycles. The number of rotatable bonds is 13. The summed E-state index contributed by atoms with van der Waals surface area (Å²) in [7, 11) is 0. The number of carbonyl (C=O) groups excluding carboxylic acids is 1. The minimum Gasteiger partial charge on any atom is -0.379 e. The molecule has 1 heterocycles. The fourth-order valence-electron chi connectivity index (χ4n) is 2.21. The van der Waals surface area contributed by atoms with Crippen molar-refractivity contribution in [1.82, 2.24) is 10.2 Å². The fraction of sp³-hybridized carbons (Fsp3) is 0.933. The van der Waals surface area contributed by atoms with Gasteiger partial charge in [0.25, 0.3) is 0 Å². The normalized spacial score (nSPS) is 15.9. The third-order valence-corrected chi connectivity index (χ3v) is 3.36. The Morgan fingerprint density at radius 3 is 2.29 bits per heavy atom. The van der Waals surface area contributed by atoms with E-state index in [1.807, 2.05) is 6.92 Å². The first kappa shape index (κ1) is 18.4. The zero-order valence-corrected chi connectivity index (χ0v) is 13.4. The van der Waals surface area contributed by atoms with Gasteiger partial charge in [0.2, 0.25) is 5.91 Å². The van der Waals surface area contributed by atoms with E-state index in [2.05, 4.69) is 17.1 Å². The van der Waals surface area contributed by atoms with Crippen LogP contribution in [0.25, 0.3) is 0 Å². The maximum absolute atomic E-state index is 11.8. The molecule has 1 aliphatic heterocycles. The molecule has 0 radical (unpaired) electrons. The SMILES string of the molecule is CCCN1CC(C(=O)NCCOCCOCCOCC)C1. The van der Waals surface area contributed by atoms with Crippen LogP contribution in [-0.2, 0) is 19.0 Å². The monoisotopic (exact) mass is 302 g/mol. The average Bonchev–Trinajstić information content (AvgIpc) is 2.44. The summed E-state index contributed by atoms with van der Waals surface area (Å²) in [6, 6.07) is 0. The Balaban J connectivity index is 1.81. The number of carbonyl (C=O) groups is 1. The second-order valence-corrected chi connectivity index (χ2v) is 5.17. The van der Waals surface area contributed by atoms with E-state index in [1.165, 1.54) is 0 Å². The molecule has 0 unspecified atom stereocenters. The van der Waals surface area contributed by atoms with E-state index in [-0.39, 0.29) is 11.8 Å². The first-order valence-corrected chi connectivity index (χ1v) is 8.01. The molecule has 0 spiro atoms. The molecule has 1 N–H and O–H groups in total. The van der Waals surface area contributed by atoms with E-state index in [1.54, 1.807) is 0 Å². The first-order valence-electron chi connectivity index (χ1n) is 8.01. The summed E-state index contributed by atoms with van der Waals surface area (Å²) in [5.41, 5.74) is 0. The Bertz CT molecular complexity index is 270. The van der Waals surface area contributed by atoms with Gasteiger partial charge in [0, 0.05) is 26.2 Å². The predicted octanol–water partition coefficient (Wildman–Crippen LogP) is 0.514. The largest absolute Gasteiger partial charge is 0.379 e. The Hall–Kier alpha value is -0.690. The lowest BCUT2D eigenvalue weighted by Crippen LogP contribution is -2.53. The second kappa shape index (κ2) is 11.9. The van der Waals surface area contributed by atoms with E-state index in [0.29, 0.717) is 39.6 Å². The molecule has 0 aromatic rings. The molecule has 1 amide bonds. The van der Waals surface area contributed by atoms with Crippen LogP contribution >= 0.6 is 0 Å². The van der Waals surface area contributed by atoms with Crippen LogP contribution in [0, 0.1) is 5.92 Å². The van der Waals surface area contributed by atoms with Crippen molar-refractivity contribution in [2.75, 3.05) is 65.8 Å². The predicted molar refractivity (Wildman–Crippen MR) is 81.4 cm³/mol. The van der Waals surface area contributed by atoms with Crippen LogP contribution in [0.4, 0.5) is 0 Å². The topological polar surface area (TPSA) is 60.0 Å². The highest BCUT2D eigenvalue weighted by molar-refractivity contribution is 5.79. The molecule has 0 bridgehead atoms. The van der Waals surface area contributed by atoms with Gasteiger partial charge < -0.3 is 24.4 Å². The van der Waals surface area contributed by atoms with E-state index in [0.717, 1.165) is 32.7 Å². The number of nitrogens with one attached hydrogen (secondary N) is 1. The lowest BCUT2D eigenvalue weighted by atomic mass is 9.99. The third-order valence-electron chi connectivity index (χ3n) is 3.36. The molecule has 1 aliphatic rings. The van der Waals surface area contributed by atoms with Gasteiger partial charge in [-0.15, -0.1) is 0 Å². The average molecular weight is 302 g/mol. The number of ether oxygens (including phenoxy) is 3. The summed E-state index contributed by atoms with van der Waals surface area (Å²) in [5.74, 6) is 0.317. The molecular formula is C15H30N2O4. The van der Waals surface area contributed by atoms with Crippen molar-refractivity contribution in [1.29, 1.82) is 0 Å². The molecule has 6 heteroatoms. The third kappa shape index (κ3) is 8.36. The smallest absolute Gasteiger partial charge is 0.225 e. The summed E-state index contributed by atoms with van der Waals surface area (Å²) < 4.78 is 15.9. The van der Waals surface area contributed by atoms with Crippen LogP contribution in [0.15, 0.2) is 0 Å². The number of amides is 1. The molecule has 0 saturated carbocycles. The van der Waals surface area contributed by atoms with Crippen molar-refractivity contribution < 1.29 is 19.0 Å². The highest BCUT2D eigenvalue weighted by Gasteiger charge is 2.31. The zero-order chi connectivity index (χ0) is 15.3. The Morgan fingerprint density at radius 1 is 1.05 bits per heavy atom. The zero-order valence-electron chi connectivity index (χ0n) is 13.4. The summed E-state index contributed by atoms with van der Waals surface area (Å²) in [6.45, 7) is 11.2. The van der Waals surface area contributed by atoms with Gasteiger partial charge in [-0.1, -0.05) is 6.92 Å². The minimum absolute atomic E-state index is 0.152. The molecular weight excluding hydrogens is 272 g/mol. The van der Waals surface area contributed by atoms with E-state index < -0.39 is 0 Å². The molecule has 0 aliphatic carbocycles. The fourth-order valence-corrected chi connectivity index (χ4v) is 2.21. The van der Waals surface area contributed by atoms with E-state index in [9.17, 15) is 4.79 Å². The molecule has 1 rings (SSSR count). The van der Waals surface area contributed by atoms with Crippen LogP contribution < -0.4 is 5.32 Å². The summed E-state index contributed by atoms with van der Waals surface area (Å²) >= 11 is 0. The lowest BCUT2D eigenvalue weighted by molar-refractivity contribution is -0.130. The van der Waals surface area contributed by atoms with E-state index in [4.69, 9.17) is 14.2 Å². The van der Waals surface area contributed by atoms with Crippen LogP contribution in [0.5, 0.6) is 0 Å². The van der Waals surface area contributed by atoms with Crippen molar-refractivity contribution in [3.63, 3.8) is 0 Å². The van der Waals surface area contributed by atoms with Gasteiger partial charge in [0.05, 0.1) is 39.0 Å². The lowest BCUT2D eigenvalue weighted by Gasteiger charge is -2.37. The maximum atomic E-state index is 11.8. The molecule has 0 aromatic heterocycles. The van der Waals surface area contributed by atoms with Gasteiger partial charge >= 0.3 is 0 Å². The van der Waals surface area contributed by atoms with Crippen molar-refractivity contribution >= 4 is 5.91 Å². The summed E-state index contributed by atoms with van der Waals surface area (Å²) in [4.78, 5) is 14.1. The van der Waals surface area contributed by atoms with Crippen molar-refractivity contribution in [2.45, 2.75) is 20.3 Å². The summed E-state index contributed by atoms with van der Waals surface area (Å²) in [6.07, 6.45) is 1.15. The molecule has 21 heavy (non-hydrogen) atoms. The van der Waals surface area contributed by atoms with Crippen LogP contribution in [0.2, 0.25) is 0 Å². The Kier molecular flexibility index (Phi) is 10.4. The van der Waals surface area contributed by atoms with E-state index >= 15 is 0 Å². The first-order chi connectivity index (χ1) is 10.3. The van der Waals surface area contributed by atoms with Crippen molar-refractivity contribution in [3.8, 4) is 0 Å². The van der Waals surface area contributed by atoms with Crippen LogP contribution in [0.3, 0.4) is 0 Å². The minimum atomic E-state index is 0.152. The van der Waals surface area contributed by atoms with Crippen LogP contribution in [0.1, 0.15) is 20.3 Å². The van der Waals surface area contributed by atoms with Crippen molar-refractivity contribution in [2.24, 2.45) is 5.92 Å². The molecule has 1 fully saturated rings. The molecule has 6 nitrogen and oxygen atoms in total. The Labute approximate surface area is 128 Å². The van der Waals surface area contributed by atoms with Gasteiger partial charge in [-0.25, -0.2) is 0 Å². The standard InChI is InChI=1S/C15H30N2O4/c1-3-6-17-12-14(13-17)15(18)16-5-7-20-10-11-21-9-8-19-4-2/h14H,3-13H2,1-2H3,(H,16,18). The molecule has 124 valence electrons. The van der Waals surface area contributed by atoms with Gasteiger partial charge in [0.1, 0.15) is 0 Å². The van der Waals surface area contributed by atoms with Gasteiger partial charge in [0.15, 0.2) is 0 Å². The number of hydrogen-bond acceptors (Lipinski definition) is 5. The van der Waals surface area contributed by atoms with Gasteiger partial charge in [-0.05, 0) is 19.9 Å². The Morgan fingerprint density at radius 2 is 1.67 bits per heavy atom. The second-order valence-electron chi connectivity index (χ2n) is 5.17. The highest BCUT2D eigenvalue weighted by atomic mass is 16.5. The van der Waals surface area contributed by atoms with Crippen LogP contribution in [-0.4, -0.2) is 76.6 Å². The number of hydrogen-bond donors (Lipinski definition) is 1. The number of nitrogens with zero attached hydrogens (tertiary/aromatic N) is 1. The van der Waals surface area contributed by atoms with Gasteiger partial charge in [-0.3, -0.25) is 4.79 Å². The summed E-state index contributed by atoms with van der Waals surface area (Å²) in [5, 5.41) is 2.91. The molecule has 0 atom stereocenters. The number of likely N-dealkylation sites (tertiary alicyclic amines) is 1. The highest BCUT2D eigenvalue weighted by Crippen LogP contribution is 2.15. The van der Waals surface area contributed by atoms with Crippen molar-refractivity contribution in [3.05, 3.63) is 0 Å². The molecule has 1 saturated heterocycles. The maximum Gasteiger partial charge on any atom is 0.225 e. The van der Waals surface area contributed by atoms with Gasteiger partial charge in [-0.2, -0.15) is 0 Å². The quantitative estimate of drug-likeness (QED) is 0.503.